The van der Waals surface area contributed by atoms with Gasteiger partial charge in [0.15, 0.2) is 0 Å². The minimum atomic E-state index is -0.212. The largest absolute Gasteiger partial charge is 0.468 e. The molecule has 16 heavy (non-hydrogen) atoms. The van der Waals surface area contributed by atoms with Gasteiger partial charge in [0.2, 0.25) is 0 Å². The highest BCUT2D eigenvalue weighted by atomic mass is 16.5. The molecule has 1 aromatic heterocycles. The molecule has 0 aliphatic rings. The Bertz CT molecular complexity index is 336. The highest BCUT2D eigenvalue weighted by Crippen LogP contribution is 2.03. The number of esters is 1. The van der Waals surface area contributed by atoms with Crippen LogP contribution in [0.4, 0.5) is 0 Å². The van der Waals surface area contributed by atoms with E-state index in [1.807, 2.05) is 18.0 Å². The van der Waals surface area contributed by atoms with E-state index in [1.54, 1.807) is 6.20 Å². The van der Waals surface area contributed by atoms with Crippen molar-refractivity contribution in [3.05, 3.63) is 18.2 Å². The molecular formula is C11H19N3O2. The van der Waals surface area contributed by atoms with Crippen LogP contribution in [0.15, 0.2) is 12.4 Å². The number of rotatable bonds is 6. The van der Waals surface area contributed by atoms with Crippen molar-refractivity contribution in [2.45, 2.75) is 26.9 Å². The second kappa shape index (κ2) is 6.27. The first-order chi connectivity index (χ1) is 7.71. The van der Waals surface area contributed by atoms with Crippen LogP contribution in [-0.4, -0.2) is 40.6 Å². The van der Waals surface area contributed by atoms with Crippen molar-refractivity contribution in [3.8, 4) is 0 Å². The van der Waals surface area contributed by atoms with Crippen LogP contribution in [0.5, 0.6) is 0 Å². The predicted octanol–water partition coefficient (Wildman–Crippen LogP) is 0.898. The Kier molecular flexibility index (Phi) is 4.98. The second-order valence-electron chi connectivity index (χ2n) is 3.51. The van der Waals surface area contributed by atoms with E-state index in [0.717, 1.165) is 18.9 Å². The van der Waals surface area contributed by atoms with E-state index in [2.05, 4.69) is 21.2 Å². The van der Waals surface area contributed by atoms with Crippen molar-refractivity contribution in [1.29, 1.82) is 0 Å². The molecule has 0 spiro atoms. The lowest BCUT2D eigenvalue weighted by Crippen LogP contribution is -2.31. The van der Waals surface area contributed by atoms with E-state index in [0.29, 0.717) is 13.1 Å². The molecule has 0 aliphatic heterocycles. The number of nitrogens with zero attached hydrogens (tertiary/aromatic N) is 3. The van der Waals surface area contributed by atoms with Crippen molar-refractivity contribution in [2.24, 2.45) is 0 Å². The number of aryl methyl sites for hydroxylation is 1. The van der Waals surface area contributed by atoms with Crippen molar-refractivity contribution in [2.75, 3.05) is 20.2 Å². The summed E-state index contributed by atoms with van der Waals surface area (Å²) in [7, 11) is 1.41. The minimum absolute atomic E-state index is 0.212. The van der Waals surface area contributed by atoms with Gasteiger partial charge in [0.05, 0.1) is 20.2 Å². The number of carbonyl (C=O) groups excluding carboxylic acids is 1. The first kappa shape index (κ1) is 12.7. The molecule has 0 bridgehead atoms. The van der Waals surface area contributed by atoms with Crippen LogP contribution < -0.4 is 0 Å². The summed E-state index contributed by atoms with van der Waals surface area (Å²) in [5, 5.41) is 0. The monoisotopic (exact) mass is 225 g/mol. The van der Waals surface area contributed by atoms with E-state index in [-0.39, 0.29) is 5.97 Å². The van der Waals surface area contributed by atoms with Crippen LogP contribution in [0.25, 0.3) is 0 Å². The second-order valence-corrected chi connectivity index (χ2v) is 3.51. The van der Waals surface area contributed by atoms with Crippen LogP contribution in [0.2, 0.25) is 0 Å². The van der Waals surface area contributed by atoms with Gasteiger partial charge in [-0.25, -0.2) is 4.98 Å². The Hall–Kier alpha value is -1.36. The number of aromatic nitrogens is 2. The SMILES string of the molecule is CCN(CC(=O)OC)Cc1nccn1CC. The predicted molar refractivity (Wildman–Crippen MR) is 60.9 cm³/mol. The molecule has 0 saturated heterocycles. The summed E-state index contributed by atoms with van der Waals surface area (Å²) >= 11 is 0. The summed E-state index contributed by atoms with van der Waals surface area (Å²) in [5.74, 6) is 0.768. The molecule has 1 heterocycles. The molecule has 0 saturated carbocycles. The highest BCUT2D eigenvalue weighted by molar-refractivity contribution is 5.71. The first-order valence-corrected chi connectivity index (χ1v) is 5.50. The van der Waals surface area contributed by atoms with Crippen LogP contribution in [-0.2, 0) is 22.6 Å². The molecular weight excluding hydrogens is 206 g/mol. The fraction of sp³-hybridized carbons (Fsp3) is 0.636. The zero-order valence-electron chi connectivity index (χ0n) is 10.1. The average molecular weight is 225 g/mol. The molecule has 0 aromatic carbocycles. The fourth-order valence-electron chi connectivity index (χ4n) is 1.51. The summed E-state index contributed by atoms with van der Waals surface area (Å²) in [5.41, 5.74) is 0. The normalized spacial score (nSPS) is 10.8. The summed E-state index contributed by atoms with van der Waals surface area (Å²) in [4.78, 5) is 17.5. The van der Waals surface area contributed by atoms with Gasteiger partial charge in [0.25, 0.3) is 0 Å². The van der Waals surface area contributed by atoms with Gasteiger partial charge in [-0.1, -0.05) is 6.92 Å². The number of hydrogen-bond donors (Lipinski definition) is 0. The Balaban J connectivity index is 2.59. The third-order valence-electron chi connectivity index (χ3n) is 2.54. The van der Waals surface area contributed by atoms with E-state index in [4.69, 9.17) is 0 Å². The molecule has 5 heteroatoms. The molecule has 1 aromatic rings. The van der Waals surface area contributed by atoms with Crippen LogP contribution in [0.1, 0.15) is 19.7 Å². The number of ether oxygens (including phenoxy) is 1. The van der Waals surface area contributed by atoms with Crippen LogP contribution in [0.3, 0.4) is 0 Å². The third kappa shape index (κ3) is 3.34. The zero-order valence-corrected chi connectivity index (χ0v) is 10.1. The van der Waals surface area contributed by atoms with E-state index in [9.17, 15) is 4.79 Å². The molecule has 5 nitrogen and oxygen atoms in total. The third-order valence-corrected chi connectivity index (χ3v) is 2.54. The molecule has 0 aliphatic carbocycles. The average Bonchev–Trinajstić information content (AvgIpc) is 2.75. The zero-order chi connectivity index (χ0) is 12.0. The van der Waals surface area contributed by atoms with Gasteiger partial charge in [-0.3, -0.25) is 9.69 Å². The molecule has 1 rings (SSSR count). The topological polar surface area (TPSA) is 47.4 Å². The first-order valence-electron chi connectivity index (χ1n) is 5.50. The maximum absolute atomic E-state index is 11.2. The summed E-state index contributed by atoms with van der Waals surface area (Å²) in [6.07, 6.45) is 3.73. The van der Waals surface area contributed by atoms with E-state index in [1.165, 1.54) is 7.11 Å². The van der Waals surface area contributed by atoms with Gasteiger partial charge in [0.1, 0.15) is 5.82 Å². The van der Waals surface area contributed by atoms with Crippen molar-refractivity contribution < 1.29 is 9.53 Å². The Morgan fingerprint density at radius 2 is 2.31 bits per heavy atom. The van der Waals surface area contributed by atoms with Gasteiger partial charge in [-0.15, -0.1) is 0 Å². The van der Waals surface area contributed by atoms with E-state index < -0.39 is 0 Å². The lowest BCUT2D eigenvalue weighted by atomic mass is 10.4. The number of likely N-dealkylation sites (N-methyl/N-ethyl adjacent to an activating group) is 1. The Labute approximate surface area is 96.0 Å². The molecule has 90 valence electrons. The number of methoxy groups -OCH3 is 1. The van der Waals surface area contributed by atoms with Gasteiger partial charge in [-0.05, 0) is 13.5 Å². The van der Waals surface area contributed by atoms with Gasteiger partial charge in [0, 0.05) is 18.9 Å². The van der Waals surface area contributed by atoms with Crippen molar-refractivity contribution in [1.82, 2.24) is 14.5 Å². The summed E-state index contributed by atoms with van der Waals surface area (Å²) in [6.45, 7) is 6.76. The molecule has 0 amide bonds. The molecule has 0 unspecified atom stereocenters. The number of carbonyl (C=O) groups is 1. The summed E-state index contributed by atoms with van der Waals surface area (Å²) in [6, 6.07) is 0. The Morgan fingerprint density at radius 1 is 1.56 bits per heavy atom. The molecule has 0 fully saturated rings. The molecule has 0 radical (unpaired) electrons. The maximum Gasteiger partial charge on any atom is 0.319 e. The standard InChI is InChI=1S/C11H19N3O2/c1-4-13(9-11(15)16-3)8-10-12-6-7-14(10)5-2/h6-7H,4-5,8-9H2,1-3H3. The van der Waals surface area contributed by atoms with E-state index >= 15 is 0 Å². The lowest BCUT2D eigenvalue weighted by Gasteiger charge is -2.18. The van der Waals surface area contributed by atoms with Crippen molar-refractivity contribution in [3.63, 3.8) is 0 Å². The molecule has 0 atom stereocenters. The smallest absolute Gasteiger partial charge is 0.319 e. The van der Waals surface area contributed by atoms with Gasteiger partial charge < -0.3 is 9.30 Å². The lowest BCUT2D eigenvalue weighted by molar-refractivity contribution is -0.142. The fourth-order valence-corrected chi connectivity index (χ4v) is 1.51. The van der Waals surface area contributed by atoms with Crippen molar-refractivity contribution >= 4 is 5.97 Å². The minimum Gasteiger partial charge on any atom is -0.468 e. The number of hydrogen-bond acceptors (Lipinski definition) is 4. The number of imidazole rings is 1. The Morgan fingerprint density at radius 3 is 2.88 bits per heavy atom. The quantitative estimate of drug-likeness (QED) is 0.675. The van der Waals surface area contributed by atoms with Gasteiger partial charge in [-0.2, -0.15) is 0 Å². The van der Waals surface area contributed by atoms with Crippen LogP contribution in [0, 0.1) is 0 Å². The van der Waals surface area contributed by atoms with Crippen LogP contribution >= 0.6 is 0 Å². The molecule has 0 N–H and O–H groups in total. The highest BCUT2D eigenvalue weighted by Gasteiger charge is 2.12. The maximum atomic E-state index is 11.2. The summed E-state index contributed by atoms with van der Waals surface area (Å²) < 4.78 is 6.72. The van der Waals surface area contributed by atoms with Gasteiger partial charge >= 0.3 is 5.97 Å².